The Bertz CT molecular complexity index is 352. The molecule has 0 fully saturated rings. The van der Waals surface area contributed by atoms with Gasteiger partial charge in [0.25, 0.3) is 5.91 Å². The first-order valence-corrected chi connectivity index (χ1v) is 4.99. The molecule has 1 amide bonds. The third-order valence-electron chi connectivity index (χ3n) is 2.26. The molecule has 1 unspecified atom stereocenters. The number of carbonyl (C=O) groups is 1. The predicted octanol–water partition coefficient (Wildman–Crippen LogP) is 0.149. The van der Waals surface area contributed by atoms with Crippen molar-refractivity contribution in [1.29, 1.82) is 0 Å². The number of anilines is 1. The smallest absolute Gasteiger partial charge is 0.280 e. The van der Waals surface area contributed by atoms with Gasteiger partial charge in [0.1, 0.15) is 0 Å². The highest BCUT2D eigenvalue weighted by molar-refractivity contribution is 5.96. The highest BCUT2D eigenvalue weighted by Gasteiger charge is 2.25. The van der Waals surface area contributed by atoms with Crippen molar-refractivity contribution in [2.24, 2.45) is 0 Å². The second-order valence-electron chi connectivity index (χ2n) is 3.39. The molecule has 0 bridgehead atoms. The van der Waals surface area contributed by atoms with E-state index in [0.717, 1.165) is 0 Å². The van der Waals surface area contributed by atoms with Crippen LogP contribution in [-0.2, 0) is 4.74 Å². The Morgan fingerprint density at radius 1 is 1.62 bits per heavy atom. The van der Waals surface area contributed by atoms with Gasteiger partial charge in [0.05, 0.1) is 12.6 Å². The summed E-state index contributed by atoms with van der Waals surface area (Å²) in [5.41, 5.74) is 5.51. The summed E-state index contributed by atoms with van der Waals surface area (Å²) < 4.78 is 9.40. The fraction of sp³-hybridized carbons (Fsp3) is 0.667. The number of amides is 1. The summed E-state index contributed by atoms with van der Waals surface area (Å²) in [6.07, 6.45) is 0. The Kier molecular flexibility index (Phi) is 4.24. The number of likely N-dealkylation sites (N-methyl/N-ethyl adjacent to an activating group) is 1. The van der Waals surface area contributed by atoms with Gasteiger partial charge in [0, 0.05) is 13.7 Å². The lowest BCUT2D eigenvalue weighted by Gasteiger charge is -2.26. The minimum Gasteiger partial charge on any atom is -0.383 e. The van der Waals surface area contributed by atoms with Gasteiger partial charge in [-0.15, -0.1) is 0 Å². The van der Waals surface area contributed by atoms with Gasteiger partial charge in [0.2, 0.25) is 11.5 Å². The fourth-order valence-corrected chi connectivity index (χ4v) is 1.47. The molecule has 0 aliphatic rings. The largest absolute Gasteiger partial charge is 0.383 e. The van der Waals surface area contributed by atoms with Crippen LogP contribution in [0.3, 0.4) is 0 Å². The molecule has 7 heteroatoms. The molecule has 0 aliphatic carbocycles. The second kappa shape index (κ2) is 5.45. The van der Waals surface area contributed by atoms with Crippen LogP contribution in [0.4, 0.5) is 5.82 Å². The topological polar surface area (TPSA) is 94.5 Å². The average Bonchev–Trinajstić information content (AvgIpc) is 2.65. The number of ether oxygens (including phenoxy) is 1. The van der Waals surface area contributed by atoms with E-state index in [4.69, 9.17) is 10.5 Å². The maximum atomic E-state index is 12.0. The molecule has 0 radical (unpaired) electrons. The Balaban J connectivity index is 2.81. The number of nitrogens with two attached hydrogens (primary N) is 1. The summed E-state index contributed by atoms with van der Waals surface area (Å²) in [5, 5.41) is 6.86. The standard InChI is InChI=1S/C9H16N4O3/c1-4-13(6(2)5-15-3)9(14)7-8(10)12-16-11-7/h6H,4-5H2,1-3H3,(H2,10,12). The van der Waals surface area contributed by atoms with E-state index in [1.54, 1.807) is 12.0 Å². The van der Waals surface area contributed by atoms with Crippen LogP contribution in [-0.4, -0.2) is 47.4 Å². The van der Waals surface area contributed by atoms with Crippen LogP contribution in [0.15, 0.2) is 4.63 Å². The van der Waals surface area contributed by atoms with Crippen LogP contribution in [0.2, 0.25) is 0 Å². The fourth-order valence-electron chi connectivity index (χ4n) is 1.47. The van der Waals surface area contributed by atoms with Crippen molar-refractivity contribution in [1.82, 2.24) is 15.2 Å². The van der Waals surface area contributed by atoms with Crippen LogP contribution in [0.5, 0.6) is 0 Å². The molecule has 1 aromatic heterocycles. The number of rotatable bonds is 5. The molecule has 7 nitrogen and oxygen atoms in total. The van der Waals surface area contributed by atoms with Crippen LogP contribution in [0, 0.1) is 0 Å². The zero-order valence-electron chi connectivity index (χ0n) is 9.64. The maximum Gasteiger partial charge on any atom is 0.280 e. The number of methoxy groups -OCH3 is 1. The van der Waals surface area contributed by atoms with E-state index in [2.05, 4.69) is 14.9 Å². The van der Waals surface area contributed by atoms with Crippen molar-refractivity contribution in [2.45, 2.75) is 19.9 Å². The van der Waals surface area contributed by atoms with Crippen molar-refractivity contribution < 1.29 is 14.2 Å². The number of carbonyl (C=O) groups excluding carboxylic acids is 1. The van der Waals surface area contributed by atoms with E-state index in [1.807, 2.05) is 13.8 Å². The minimum absolute atomic E-state index is 0.00747. The van der Waals surface area contributed by atoms with Crippen LogP contribution in [0.25, 0.3) is 0 Å². The zero-order valence-corrected chi connectivity index (χ0v) is 9.64. The monoisotopic (exact) mass is 228 g/mol. The number of hydrogen-bond acceptors (Lipinski definition) is 6. The molecule has 1 rings (SSSR count). The van der Waals surface area contributed by atoms with Crippen LogP contribution in [0.1, 0.15) is 24.3 Å². The average molecular weight is 228 g/mol. The quantitative estimate of drug-likeness (QED) is 0.770. The van der Waals surface area contributed by atoms with Crippen molar-refractivity contribution in [3.63, 3.8) is 0 Å². The van der Waals surface area contributed by atoms with Crippen molar-refractivity contribution >= 4 is 11.7 Å². The first-order valence-electron chi connectivity index (χ1n) is 4.99. The van der Waals surface area contributed by atoms with Crippen LogP contribution < -0.4 is 5.73 Å². The highest BCUT2D eigenvalue weighted by Crippen LogP contribution is 2.11. The predicted molar refractivity (Wildman–Crippen MR) is 56.8 cm³/mol. The molecule has 0 saturated heterocycles. The first kappa shape index (κ1) is 12.4. The lowest BCUT2D eigenvalue weighted by atomic mass is 10.2. The number of nitrogen functional groups attached to an aromatic ring is 1. The molecule has 0 aliphatic heterocycles. The molecule has 1 aromatic rings. The summed E-state index contributed by atoms with van der Waals surface area (Å²) in [7, 11) is 1.58. The third kappa shape index (κ3) is 2.48. The zero-order chi connectivity index (χ0) is 12.1. The van der Waals surface area contributed by atoms with Crippen molar-refractivity contribution in [3.05, 3.63) is 5.69 Å². The third-order valence-corrected chi connectivity index (χ3v) is 2.26. The van der Waals surface area contributed by atoms with Gasteiger partial charge in [-0.3, -0.25) is 4.79 Å². The van der Waals surface area contributed by atoms with E-state index in [1.165, 1.54) is 0 Å². The van der Waals surface area contributed by atoms with E-state index in [-0.39, 0.29) is 23.5 Å². The van der Waals surface area contributed by atoms with E-state index < -0.39 is 0 Å². The van der Waals surface area contributed by atoms with E-state index in [9.17, 15) is 4.79 Å². The second-order valence-corrected chi connectivity index (χ2v) is 3.39. The molecule has 16 heavy (non-hydrogen) atoms. The number of nitrogens with zero attached hydrogens (tertiary/aromatic N) is 3. The van der Waals surface area contributed by atoms with E-state index >= 15 is 0 Å². The maximum absolute atomic E-state index is 12.0. The molecule has 0 saturated carbocycles. The Hall–Kier alpha value is -1.63. The van der Waals surface area contributed by atoms with Gasteiger partial charge in [-0.05, 0) is 24.2 Å². The van der Waals surface area contributed by atoms with Gasteiger partial charge in [-0.1, -0.05) is 0 Å². The SMILES string of the molecule is CCN(C(=O)c1nonc1N)C(C)COC. The minimum atomic E-state index is -0.300. The molecule has 2 N–H and O–H groups in total. The van der Waals surface area contributed by atoms with Gasteiger partial charge in [-0.25, -0.2) is 4.63 Å². The van der Waals surface area contributed by atoms with Gasteiger partial charge >= 0.3 is 0 Å². The van der Waals surface area contributed by atoms with Gasteiger partial charge in [-0.2, -0.15) is 0 Å². The molecule has 1 heterocycles. The normalized spacial score (nSPS) is 12.4. The molecular formula is C9H16N4O3. The summed E-state index contributed by atoms with van der Waals surface area (Å²) in [6.45, 7) is 4.74. The summed E-state index contributed by atoms with van der Waals surface area (Å²) in [4.78, 5) is 13.6. The van der Waals surface area contributed by atoms with Gasteiger partial charge in [0.15, 0.2) is 0 Å². The Labute approximate surface area is 93.5 Å². The van der Waals surface area contributed by atoms with Crippen molar-refractivity contribution in [3.8, 4) is 0 Å². The Morgan fingerprint density at radius 2 is 2.31 bits per heavy atom. The molecular weight excluding hydrogens is 212 g/mol. The lowest BCUT2D eigenvalue weighted by molar-refractivity contribution is 0.0570. The molecule has 1 atom stereocenters. The number of aromatic nitrogens is 2. The summed E-state index contributed by atoms with van der Waals surface area (Å²) >= 11 is 0. The molecule has 0 aromatic carbocycles. The highest BCUT2D eigenvalue weighted by atomic mass is 16.6. The summed E-state index contributed by atoms with van der Waals surface area (Å²) in [5.74, 6) is -0.293. The van der Waals surface area contributed by atoms with Gasteiger partial charge < -0.3 is 15.4 Å². The van der Waals surface area contributed by atoms with Crippen LogP contribution >= 0.6 is 0 Å². The lowest BCUT2D eigenvalue weighted by Crippen LogP contribution is -2.41. The Morgan fingerprint density at radius 3 is 2.75 bits per heavy atom. The number of hydrogen-bond donors (Lipinski definition) is 1. The van der Waals surface area contributed by atoms with E-state index in [0.29, 0.717) is 13.2 Å². The van der Waals surface area contributed by atoms with Crippen molar-refractivity contribution in [2.75, 3.05) is 26.0 Å². The summed E-state index contributed by atoms with van der Waals surface area (Å²) in [6, 6.07) is -0.0569. The molecule has 90 valence electrons. The molecule has 0 spiro atoms. The first-order chi connectivity index (χ1) is 7.61.